The number of hydrogen-bond donors (Lipinski definition) is 1. The van der Waals surface area contributed by atoms with E-state index in [-0.39, 0.29) is 11.5 Å². The smallest absolute Gasteiger partial charge is 0.395 e. The van der Waals surface area contributed by atoms with Gasteiger partial charge in [-0.05, 0) is 12.1 Å². The van der Waals surface area contributed by atoms with Crippen molar-refractivity contribution in [3.63, 3.8) is 0 Å². The predicted molar refractivity (Wildman–Crippen MR) is 63.2 cm³/mol. The van der Waals surface area contributed by atoms with Crippen molar-refractivity contribution in [2.45, 2.75) is 12.8 Å². The second kappa shape index (κ2) is 4.11. The average molecular weight is 267 g/mol. The largest absolute Gasteiger partial charge is 0.586 e. The summed E-state index contributed by atoms with van der Waals surface area (Å²) in [5.74, 6) is 0.0658. The molecule has 0 amide bonds. The van der Waals surface area contributed by atoms with Crippen molar-refractivity contribution in [3.05, 3.63) is 36.4 Å². The maximum atomic E-state index is 12.9. The molecule has 0 saturated carbocycles. The summed E-state index contributed by atoms with van der Waals surface area (Å²) in [6.45, 7) is 0.534. The normalized spacial score (nSPS) is 15.5. The zero-order chi connectivity index (χ0) is 13.5. The summed E-state index contributed by atoms with van der Waals surface area (Å²) in [5.41, 5.74) is 1.64. The van der Waals surface area contributed by atoms with Crippen LogP contribution in [0.5, 0.6) is 11.5 Å². The van der Waals surface area contributed by atoms with Crippen LogP contribution in [0.1, 0.15) is 5.69 Å². The molecule has 0 atom stereocenters. The quantitative estimate of drug-likeness (QED) is 0.927. The molecule has 1 aliphatic rings. The van der Waals surface area contributed by atoms with Gasteiger partial charge in [0.2, 0.25) is 0 Å². The fraction of sp³-hybridized carbons (Fsp3) is 0.250. The van der Waals surface area contributed by atoms with Gasteiger partial charge in [0.25, 0.3) is 0 Å². The van der Waals surface area contributed by atoms with Gasteiger partial charge in [0.05, 0.1) is 18.6 Å². The highest BCUT2D eigenvalue weighted by atomic mass is 19.3. The van der Waals surface area contributed by atoms with E-state index in [1.165, 1.54) is 12.1 Å². The SMILES string of the molecule is Cn1cncc1CNc1ccc2c(c1)OC(F)(F)O2. The minimum Gasteiger partial charge on any atom is -0.395 e. The van der Waals surface area contributed by atoms with Crippen LogP contribution < -0.4 is 14.8 Å². The zero-order valence-electron chi connectivity index (χ0n) is 10.1. The molecule has 100 valence electrons. The van der Waals surface area contributed by atoms with Gasteiger partial charge in [-0.3, -0.25) is 0 Å². The Morgan fingerprint density at radius 1 is 1.32 bits per heavy atom. The summed E-state index contributed by atoms with van der Waals surface area (Å²) in [7, 11) is 1.88. The monoisotopic (exact) mass is 267 g/mol. The number of nitrogens with zero attached hydrogens (tertiary/aromatic N) is 2. The van der Waals surface area contributed by atoms with E-state index in [1.807, 2.05) is 11.6 Å². The first-order chi connectivity index (χ1) is 9.03. The molecular weight excluding hydrogens is 256 g/mol. The van der Waals surface area contributed by atoms with Gasteiger partial charge < -0.3 is 19.4 Å². The number of hydrogen-bond acceptors (Lipinski definition) is 4. The highest BCUT2D eigenvalue weighted by Gasteiger charge is 2.43. The summed E-state index contributed by atoms with van der Waals surface area (Å²) < 4.78 is 36.3. The van der Waals surface area contributed by atoms with Crippen molar-refractivity contribution >= 4 is 5.69 Å². The minimum atomic E-state index is -3.58. The van der Waals surface area contributed by atoms with Crippen LogP contribution in [-0.2, 0) is 13.6 Å². The number of halogens is 2. The molecule has 1 aromatic carbocycles. The Bertz CT molecular complexity index is 613. The first-order valence-corrected chi connectivity index (χ1v) is 5.62. The second-order valence-electron chi connectivity index (χ2n) is 4.18. The van der Waals surface area contributed by atoms with Gasteiger partial charge in [-0.25, -0.2) is 4.98 Å². The zero-order valence-corrected chi connectivity index (χ0v) is 10.1. The maximum absolute atomic E-state index is 12.9. The average Bonchev–Trinajstić information content (AvgIpc) is 2.87. The minimum absolute atomic E-state index is 0.0278. The van der Waals surface area contributed by atoms with Gasteiger partial charge in [-0.1, -0.05) is 0 Å². The number of nitrogens with one attached hydrogen (secondary N) is 1. The summed E-state index contributed by atoms with van der Waals surface area (Å²) in [5, 5.41) is 3.10. The molecule has 0 spiro atoms. The van der Waals surface area contributed by atoms with Gasteiger partial charge in [0.1, 0.15) is 0 Å². The molecule has 19 heavy (non-hydrogen) atoms. The third kappa shape index (κ3) is 2.31. The third-order valence-corrected chi connectivity index (χ3v) is 2.79. The lowest BCUT2D eigenvalue weighted by Gasteiger charge is -2.07. The molecule has 0 fully saturated rings. The van der Waals surface area contributed by atoms with Crippen LogP contribution in [0.15, 0.2) is 30.7 Å². The summed E-state index contributed by atoms with van der Waals surface area (Å²) in [6.07, 6.45) is -0.158. The summed E-state index contributed by atoms with van der Waals surface area (Å²) >= 11 is 0. The topological polar surface area (TPSA) is 48.3 Å². The van der Waals surface area contributed by atoms with Crippen LogP contribution in [0.4, 0.5) is 14.5 Å². The van der Waals surface area contributed by atoms with E-state index in [0.29, 0.717) is 12.2 Å². The summed E-state index contributed by atoms with van der Waals surface area (Å²) in [6, 6.07) is 4.58. The number of ether oxygens (including phenoxy) is 2. The predicted octanol–water partition coefficient (Wildman–Crippen LogP) is 2.35. The number of benzene rings is 1. The lowest BCUT2D eigenvalue weighted by Crippen LogP contribution is -2.25. The first kappa shape index (κ1) is 11.8. The Morgan fingerprint density at radius 2 is 2.11 bits per heavy atom. The van der Waals surface area contributed by atoms with E-state index in [1.54, 1.807) is 18.6 Å². The van der Waals surface area contributed by atoms with E-state index in [9.17, 15) is 8.78 Å². The number of anilines is 1. The third-order valence-electron chi connectivity index (χ3n) is 2.79. The van der Waals surface area contributed by atoms with Crippen LogP contribution in [0, 0.1) is 0 Å². The molecule has 7 heteroatoms. The highest BCUT2D eigenvalue weighted by molar-refractivity contribution is 5.56. The molecule has 0 saturated heterocycles. The van der Waals surface area contributed by atoms with Crippen molar-refractivity contribution in [3.8, 4) is 11.5 Å². The van der Waals surface area contributed by atoms with Gasteiger partial charge in [0, 0.05) is 25.0 Å². The Kier molecular flexibility index (Phi) is 2.55. The van der Waals surface area contributed by atoms with Crippen LogP contribution in [-0.4, -0.2) is 15.8 Å². The van der Waals surface area contributed by atoms with Gasteiger partial charge in [-0.15, -0.1) is 8.78 Å². The molecule has 5 nitrogen and oxygen atoms in total. The van der Waals surface area contributed by atoms with Crippen LogP contribution in [0.2, 0.25) is 0 Å². The molecule has 0 bridgehead atoms. The molecular formula is C12H11F2N3O2. The van der Waals surface area contributed by atoms with E-state index in [0.717, 1.165) is 5.69 Å². The maximum Gasteiger partial charge on any atom is 0.586 e. The number of aromatic nitrogens is 2. The van der Waals surface area contributed by atoms with Gasteiger partial charge in [0.15, 0.2) is 11.5 Å². The van der Waals surface area contributed by atoms with Crippen molar-refractivity contribution in [2.75, 3.05) is 5.32 Å². The number of aryl methyl sites for hydroxylation is 1. The molecule has 2 aromatic rings. The fourth-order valence-corrected chi connectivity index (χ4v) is 1.81. The standard InChI is InChI=1S/C12H11F2N3O2/c1-17-7-15-5-9(17)6-16-8-2-3-10-11(4-8)19-12(13,14)18-10/h2-5,7,16H,6H2,1H3. The number of alkyl halides is 2. The van der Waals surface area contributed by atoms with Gasteiger partial charge in [-0.2, -0.15) is 0 Å². The summed E-state index contributed by atoms with van der Waals surface area (Å²) in [4.78, 5) is 3.99. The molecule has 1 aliphatic heterocycles. The Hall–Kier alpha value is -2.31. The highest BCUT2D eigenvalue weighted by Crippen LogP contribution is 2.42. The van der Waals surface area contributed by atoms with E-state index in [2.05, 4.69) is 19.8 Å². The number of fused-ring (bicyclic) bond motifs is 1. The Labute approximate surface area is 107 Å². The lowest BCUT2D eigenvalue weighted by atomic mass is 10.2. The second-order valence-corrected chi connectivity index (χ2v) is 4.18. The lowest BCUT2D eigenvalue weighted by molar-refractivity contribution is -0.286. The number of rotatable bonds is 3. The molecule has 1 N–H and O–H groups in total. The Balaban J connectivity index is 1.72. The van der Waals surface area contributed by atoms with E-state index < -0.39 is 6.29 Å². The van der Waals surface area contributed by atoms with Gasteiger partial charge >= 0.3 is 6.29 Å². The van der Waals surface area contributed by atoms with Crippen molar-refractivity contribution in [1.29, 1.82) is 0 Å². The van der Waals surface area contributed by atoms with Crippen LogP contribution in [0.3, 0.4) is 0 Å². The molecule has 0 radical (unpaired) electrons. The fourth-order valence-electron chi connectivity index (χ4n) is 1.81. The van der Waals surface area contributed by atoms with E-state index in [4.69, 9.17) is 0 Å². The van der Waals surface area contributed by atoms with E-state index >= 15 is 0 Å². The first-order valence-electron chi connectivity index (χ1n) is 5.62. The van der Waals surface area contributed by atoms with Crippen molar-refractivity contribution in [1.82, 2.24) is 9.55 Å². The molecule has 3 rings (SSSR count). The van der Waals surface area contributed by atoms with Crippen molar-refractivity contribution in [2.24, 2.45) is 7.05 Å². The molecule has 0 aliphatic carbocycles. The molecule has 1 aromatic heterocycles. The van der Waals surface area contributed by atoms with Crippen molar-refractivity contribution < 1.29 is 18.3 Å². The van der Waals surface area contributed by atoms with Crippen LogP contribution in [0.25, 0.3) is 0 Å². The number of imidazole rings is 1. The molecule has 0 unspecified atom stereocenters. The molecule has 2 heterocycles. The Morgan fingerprint density at radius 3 is 2.84 bits per heavy atom. The van der Waals surface area contributed by atoms with Crippen LogP contribution >= 0.6 is 0 Å².